The van der Waals surface area contributed by atoms with E-state index < -0.39 is 0 Å². The van der Waals surface area contributed by atoms with Gasteiger partial charge in [0.25, 0.3) is 0 Å². The van der Waals surface area contributed by atoms with Crippen molar-refractivity contribution in [3.63, 3.8) is 0 Å². The molecular weight excluding hydrogens is 370 g/mol. The van der Waals surface area contributed by atoms with Gasteiger partial charge in [0.1, 0.15) is 28.7 Å². The zero-order valence-corrected chi connectivity index (χ0v) is 17.2. The van der Waals surface area contributed by atoms with Crippen molar-refractivity contribution in [3.8, 4) is 22.1 Å². The quantitative estimate of drug-likeness (QED) is 0.695. The van der Waals surface area contributed by atoms with E-state index in [-0.39, 0.29) is 0 Å². The van der Waals surface area contributed by atoms with Gasteiger partial charge in [-0.15, -0.1) is 11.3 Å². The molecule has 4 rings (SSSR count). The Morgan fingerprint density at radius 1 is 1.00 bits per heavy atom. The van der Waals surface area contributed by atoms with E-state index >= 15 is 0 Å². The highest BCUT2D eigenvalue weighted by molar-refractivity contribution is 7.13. The average Bonchev–Trinajstić information content (AvgIpc) is 3.22. The molecule has 2 heterocycles. The van der Waals surface area contributed by atoms with Crippen LogP contribution in [-0.4, -0.2) is 45.4 Å². The molecule has 1 N–H and O–H groups in total. The number of ether oxygens (including phenoxy) is 2. The molecule has 1 saturated heterocycles. The molecule has 0 spiro atoms. The first-order valence-corrected chi connectivity index (χ1v) is 10.4. The molecule has 1 aliphatic rings. The van der Waals surface area contributed by atoms with Crippen molar-refractivity contribution >= 4 is 17.0 Å². The van der Waals surface area contributed by atoms with Crippen molar-refractivity contribution in [1.29, 1.82) is 0 Å². The number of hydrogen-bond acceptors (Lipinski definition) is 5. The minimum atomic E-state index is 0.879. The zero-order valence-electron chi connectivity index (χ0n) is 16.4. The summed E-state index contributed by atoms with van der Waals surface area (Å²) >= 11 is 1.69. The van der Waals surface area contributed by atoms with Gasteiger partial charge in [-0.3, -0.25) is 0 Å². The van der Waals surface area contributed by atoms with Crippen molar-refractivity contribution in [2.45, 2.75) is 6.54 Å². The van der Waals surface area contributed by atoms with Gasteiger partial charge in [-0.05, 0) is 36.4 Å². The van der Waals surface area contributed by atoms with Crippen LogP contribution in [0.15, 0.2) is 53.9 Å². The predicted octanol–water partition coefficient (Wildman–Crippen LogP) is 2.73. The highest BCUT2D eigenvalue weighted by Gasteiger charge is 2.21. The lowest BCUT2D eigenvalue weighted by Crippen LogP contribution is -3.13. The van der Waals surface area contributed by atoms with E-state index in [4.69, 9.17) is 14.5 Å². The fraction of sp³-hybridized carbons (Fsp3) is 0.318. The van der Waals surface area contributed by atoms with Gasteiger partial charge in [0.05, 0.1) is 46.0 Å². The number of piperazine rings is 1. The summed E-state index contributed by atoms with van der Waals surface area (Å²) in [5.74, 6) is 1.78. The molecule has 1 aromatic heterocycles. The number of nitrogens with one attached hydrogen (secondary N) is 1. The maximum atomic E-state index is 5.48. The summed E-state index contributed by atoms with van der Waals surface area (Å²) in [7, 11) is 3.41. The molecule has 5 nitrogen and oxygen atoms in total. The number of benzene rings is 2. The van der Waals surface area contributed by atoms with Gasteiger partial charge < -0.3 is 19.3 Å². The third-order valence-corrected chi connectivity index (χ3v) is 6.15. The fourth-order valence-electron chi connectivity index (χ4n) is 3.64. The molecule has 1 aliphatic heterocycles. The van der Waals surface area contributed by atoms with Crippen LogP contribution >= 0.6 is 11.3 Å². The van der Waals surface area contributed by atoms with E-state index in [1.807, 2.05) is 30.3 Å². The summed E-state index contributed by atoms with van der Waals surface area (Å²) in [6, 6.07) is 16.4. The van der Waals surface area contributed by atoms with Gasteiger partial charge in [0.15, 0.2) is 0 Å². The zero-order chi connectivity index (χ0) is 19.3. The molecule has 0 bridgehead atoms. The number of aromatic nitrogens is 1. The van der Waals surface area contributed by atoms with E-state index in [0.717, 1.165) is 54.8 Å². The lowest BCUT2D eigenvalue weighted by atomic mass is 10.2. The molecule has 6 heteroatoms. The number of para-hydroxylation sites is 1. The van der Waals surface area contributed by atoms with E-state index in [1.165, 1.54) is 11.4 Å². The number of hydrogen-bond donors (Lipinski definition) is 1. The molecule has 0 unspecified atom stereocenters. The van der Waals surface area contributed by atoms with Crippen molar-refractivity contribution in [2.75, 3.05) is 45.3 Å². The monoisotopic (exact) mass is 396 g/mol. The van der Waals surface area contributed by atoms with E-state index in [9.17, 15) is 0 Å². The van der Waals surface area contributed by atoms with Crippen LogP contribution in [0.1, 0.15) is 5.69 Å². The number of thiazole rings is 1. The Morgan fingerprint density at radius 2 is 1.75 bits per heavy atom. The van der Waals surface area contributed by atoms with Gasteiger partial charge >= 0.3 is 0 Å². The van der Waals surface area contributed by atoms with Gasteiger partial charge in [0.2, 0.25) is 0 Å². The topological polar surface area (TPSA) is 39.0 Å². The number of methoxy groups -OCH3 is 2. The maximum Gasteiger partial charge on any atom is 0.129 e. The molecule has 0 aliphatic carbocycles. The minimum absolute atomic E-state index is 0.879. The van der Waals surface area contributed by atoms with Gasteiger partial charge in [-0.25, -0.2) is 4.98 Å². The summed E-state index contributed by atoms with van der Waals surface area (Å²) < 4.78 is 10.7. The second kappa shape index (κ2) is 8.63. The molecular formula is C22H26N3O2S+. The smallest absolute Gasteiger partial charge is 0.129 e. The Balaban J connectivity index is 1.35. The normalized spacial score (nSPS) is 14.9. The van der Waals surface area contributed by atoms with Crippen LogP contribution in [0.3, 0.4) is 0 Å². The lowest BCUT2D eigenvalue weighted by molar-refractivity contribution is -0.914. The first kappa shape index (κ1) is 18.8. The van der Waals surface area contributed by atoms with Crippen molar-refractivity contribution in [2.24, 2.45) is 0 Å². The molecule has 3 aromatic rings. The van der Waals surface area contributed by atoms with Crippen LogP contribution in [0.25, 0.3) is 10.6 Å². The molecule has 2 aromatic carbocycles. The van der Waals surface area contributed by atoms with E-state index in [1.54, 1.807) is 30.5 Å². The summed E-state index contributed by atoms with van der Waals surface area (Å²) in [6.45, 7) is 5.33. The fourth-order valence-corrected chi connectivity index (χ4v) is 4.49. The average molecular weight is 397 g/mol. The number of nitrogens with zero attached hydrogens (tertiary/aromatic N) is 2. The number of quaternary nitrogens is 1. The standard InChI is InChI=1S/C22H25N3O2S/c1-26-19-9-7-18(8-10-19)25-13-11-24(12-14-25)15-17-16-28-22(23-17)20-5-3-4-6-21(20)27-2/h3-10,16H,11-15H2,1-2H3/p+1. The third kappa shape index (κ3) is 4.13. The SMILES string of the molecule is COc1ccc(N2CC[NH+](Cc3csc(-c4ccccc4OC)n3)CC2)cc1. The molecule has 0 amide bonds. The molecule has 0 radical (unpaired) electrons. The summed E-state index contributed by atoms with van der Waals surface area (Å²) in [4.78, 5) is 8.90. The Kier molecular flexibility index (Phi) is 5.78. The van der Waals surface area contributed by atoms with Gasteiger partial charge in [-0.2, -0.15) is 0 Å². The summed E-state index contributed by atoms with van der Waals surface area (Å²) in [6.07, 6.45) is 0. The molecule has 0 atom stereocenters. The van der Waals surface area contributed by atoms with Gasteiger partial charge in [-0.1, -0.05) is 12.1 Å². The van der Waals surface area contributed by atoms with E-state index in [0.29, 0.717) is 0 Å². The Bertz CT molecular complexity index is 902. The van der Waals surface area contributed by atoms with E-state index in [2.05, 4.69) is 28.5 Å². The van der Waals surface area contributed by atoms with Crippen LogP contribution in [-0.2, 0) is 6.54 Å². The second-order valence-electron chi connectivity index (χ2n) is 6.96. The second-order valence-corrected chi connectivity index (χ2v) is 7.81. The predicted molar refractivity (Wildman–Crippen MR) is 114 cm³/mol. The van der Waals surface area contributed by atoms with Crippen LogP contribution < -0.4 is 19.3 Å². The maximum absolute atomic E-state index is 5.48. The number of rotatable bonds is 6. The molecule has 146 valence electrons. The Labute approximate surface area is 170 Å². The highest BCUT2D eigenvalue weighted by atomic mass is 32.1. The van der Waals surface area contributed by atoms with Gasteiger partial charge in [0, 0.05) is 11.1 Å². The largest absolute Gasteiger partial charge is 0.497 e. The number of anilines is 1. The van der Waals surface area contributed by atoms with Crippen LogP contribution in [0.2, 0.25) is 0 Å². The third-order valence-electron chi connectivity index (χ3n) is 5.23. The lowest BCUT2D eigenvalue weighted by Gasteiger charge is -2.33. The van der Waals surface area contributed by atoms with Crippen molar-refractivity contribution < 1.29 is 14.4 Å². The first-order valence-electron chi connectivity index (χ1n) is 9.57. The van der Waals surface area contributed by atoms with Crippen LogP contribution in [0.5, 0.6) is 11.5 Å². The minimum Gasteiger partial charge on any atom is -0.497 e. The Morgan fingerprint density at radius 3 is 2.46 bits per heavy atom. The van der Waals surface area contributed by atoms with Crippen molar-refractivity contribution in [1.82, 2.24) is 4.98 Å². The molecule has 1 fully saturated rings. The highest BCUT2D eigenvalue weighted by Crippen LogP contribution is 2.31. The summed E-state index contributed by atoms with van der Waals surface area (Å²) in [5, 5.41) is 3.22. The molecule has 28 heavy (non-hydrogen) atoms. The first-order chi connectivity index (χ1) is 13.8. The Hall–Kier alpha value is -2.57. The summed E-state index contributed by atoms with van der Waals surface area (Å²) in [5.41, 5.74) is 3.51. The van der Waals surface area contributed by atoms with Crippen LogP contribution in [0.4, 0.5) is 5.69 Å². The van der Waals surface area contributed by atoms with Crippen LogP contribution in [0, 0.1) is 0 Å². The molecule has 0 saturated carbocycles. The van der Waals surface area contributed by atoms with Crippen molar-refractivity contribution in [3.05, 3.63) is 59.6 Å².